The molecule has 1 heterocycles. The van der Waals surface area contributed by atoms with Crippen LogP contribution in [0.1, 0.15) is 22.3 Å². The summed E-state index contributed by atoms with van der Waals surface area (Å²) in [6, 6.07) is 85.8. The minimum absolute atomic E-state index is 0.480. The van der Waals surface area contributed by atoms with E-state index in [4.69, 9.17) is 15.0 Å². The van der Waals surface area contributed by atoms with Crippen molar-refractivity contribution in [2.24, 2.45) is 0 Å². The lowest BCUT2D eigenvalue weighted by atomic mass is 9.70. The van der Waals surface area contributed by atoms with Crippen LogP contribution in [0.25, 0.3) is 111 Å². The highest BCUT2D eigenvalue weighted by atomic mass is 15.0. The van der Waals surface area contributed by atoms with Crippen molar-refractivity contribution in [3.63, 3.8) is 0 Å². The number of hydrogen-bond donors (Lipinski definition) is 0. The Morgan fingerprint density at radius 1 is 0.239 bits per heavy atom. The Kier molecular flexibility index (Phi) is 8.20. The van der Waals surface area contributed by atoms with E-state index in [1.807, 2.05) is 0 Å². The predicted molar refractivity (Wildman–Crippen MR) is 276 cm³/mol. The van der Waals surface area contributed by atoms with Gasteiger partial charge in [-0.2, -0.15) is 0 Å². The van der Waals surface area contributed by atoms with Gasteiger partial charge in [0.15, 0.2) is 17.5 Å². The Bertz CT molecular complexity index is 3920. The van der Waals surface area contributed by atoms with Gasteiger partial charge in [-0.15, -0.1) is 0 Å². The van der Waals surface area contributed by atoms with E-state index in [1.54, 1.807) is 0 Å². The molecule has 0 unspecified atom stereocenters. The molecule has 0 amide bonds. The molecule has 1 aromatic heterocycles. The van der Waals surface area contributed by atoms with Crippen LogP contribution in [0.15, 0.2) is 237 Å². The van der Waals surface area contributed by atoms with E-state index in [2.05, 4.69) is 237 Å². The minimum Gasteiger partial charge on any atom is -0.208 e. The van der Waals surface area contributed by atoms with Gasteiger partial charge < -0.3 is 0 Å². The second kappa shape index (κ2) is 14.6. The number of nitrogens with zero attached hydrogens (tertiary/aromatic N) is 3. The highest BCUT2D eigenvalue weighted by Crippen LogP contribution is 2.63. The third-order valence-corrected chi connectivity index (χ3v) is 14.3. The molecule has 2 aliphatic carbocycles. The molecule has 310 valence electrons. The van der Waals surface area contributed by atoms with Gasteiger partial charge in [-0.25, -0.2) is 15.0 Å². The Morgan fingerprint density at radius 3 is 1.42 bits per heavy atom. The normalized spacial score (nSPS) is 12.9. The van der Waals surface area contributed by atoms with Crippen molar-refractivity contribution in [3.8, 4) is 78.7 Å². The van der Waals surface area contributed by atoms with Crippen LogP contribution in [-0.4, -0.2) is 15.0 Å². The number of hydrogen-bond acceptors (Lipinski definition) is 3. The highest BCUT2D eigenvalue weighted by molar-refractivity contribution is 6.20. The van der Waals surface area contributed by atoms with Gasteiger partial charge in [-0.3, -0.25) is 0 Å². The van der Waals surface area contributed by atoms with Crippen molar-refractivity contribution >= 4 is 32.3 Å². The van der Waals surface area contributed by atoms with Gasteiger partial charge in [-0.05, 0) is 117 Å². The molecule has 3 heteroatoms. The van der Waals surface area contributed by atoms with E-state index in [-0.39, 0.29) is 0 Å². The first-order valence-electron chi connectivity index (χ1n) is 23.0. The summed E-state index contributed by atoms with van der Waals surface area (Å²) >= 11 is 0. The second-order valence-electron chi connectivity index (χ2n) is 17.8. The second-order valence-corrected chi connectivity index (χ2v) is 17.8. The predicted octanol–water partition coefficient (Wildman–Crippen LogP) is 16.0. The largest absolute Gasteiger partial charge is 0.208 e. The van der Waals surface area contributed by atoms with Crippen LogP contribution >= 0.6 is 0 Å². The lowest BCUT2D eigenvalue weighted by Crippen LogP contribution is -2.25. The van der Waals surface area contributed by atoms with Crippen molar-refractivity contribution in [3.05, 3.63) is 259 Å². The Labute approximate surface area is 388 Å². The summed E-state index contributed by atoms with van der Waals surface area (Å²) in [7, 11) is 0. The smallest absolute Gasteiger partial charge is 0.164 e. The summed E-state index contributed by atoms with van der Waals surface area (Å²) in [5, 5.41) is 7.43. The number of benzene rings is 11. The molecule has 1 spiro atoms. The summed E-state index contributed by atoms with van der Waals surface area (Å²) in [6.07, 6.45) is 0. The zero-order valence-electron chi connectivity index (χ0n) is 36.4. The molecular formula is C64H39N3. The van der Waals surface area contributed by atoms with E-state index in [0.717, 1.165) is 33.4 Å². The van der Waals surface area contributed by atoms with Crippen molar-refractivity contribution < 1.29 is 0 Å². The molecule has 12 aromatic rings. The van der Waals surface area contributed by atoms with Crippen LogP contribution in [-0.2, 0) is 5.41 Å². The maximum absolute atomic E-state index is 5.37. The molecule has 11 aromatic carbocycles. The third-order valence-electron chi connectivity index (χ3n) is 14.3. The number of rotatable bonds is 5. The Hall–Kier alpha value is -8.79. The molecule has 67 heavy (non-hydrogen) atoms. The molecule has 0 bridgehead atoms. The van der Waals surface area contributed by atoms with Crippen LogP contribution < -0.4 is 0 Å². The van der Waals surface area contributed by atoms with Gasteiger partial charge in [0, 0.05) is 16.7 Å². The van der Waals surface area contributed by atoms with Gasteiger partial charge in [0.2, 0.25) is 0 Å². The lowest BCUT2D eigenvalue weighted by molar-refractivity contribution is 0.794. The fourth-order valence-corrected chi connectivity index (χ4v) is 11.4. The fraction of sp³-hybridized carbons (Fsp3) is 0.0156. The van der Waals surface area contributed by atoms with Crippen molar-refractivity contribution in [1.82, 2.24) is 15.0 Å². The first-order valence-corrected chi connectivity index (χ1v) is 23.0. The van der Waals surface area contributed by atoms with Crippen molar-refractivity contribution in [1.29, 1.82) is 0 Å². The van der Waals surface area contributed by atoms with Crippen LogP contribution in [0.4, 0.5) is 0 Å². The molecule has 14 rings (SSSR count). The molecule has 0 N–H and O–H groups in total. The quantitative estimate of drug-likeness (QED) is 0.128. The first kappa shape index (κ1) is 37.6. The molecule has 0 fully saturated rings. The molecule has 3 nitrogen and oxygen atoms in total. The molecule has 0 radical (unpaired) electrons. The van der Waals surface area contributed by atoms with Gasteiger partial charge in [-0.1, -0.05) is 218 Å². The maximum Gasteiger partial charge on any atom is 0.164 e. The molecule has 2 aliphatic rings. The Balaban J connectivity index is 0.960. The van der Waals surface area contributed by atoms with Gasteiger partial charge in [0.05, 0.1) is 5.41 Å². The van der Waals surface area contributed by atoms with Gasteiger partial charge in [0.1, 0.15) is 0 Å². The topological polar surface area (TPSA) is 38.7 Å². The summed E-state index contributed by atoms with van der Waals surface area (Å²) in [5.74, 6) is 1.89. The zero-order valence-corrected chi connectivity index (χ0v) is 36.4. The third kappa shape index (κ3) is 5.62. The average molecular weight is 850 g/mol. The van der Waals surface area contributed by atoms with Crippen LogP contribution in [0.3, 0.4) is 0 Å². The number of fused-ring (bicyclic) bond motifs is 14. The first-order chi connectivity index (χ1) is 33.2. The van der Waals surface area contributed by atoms with Crippen LogP contribution in [0, 0.1) is 0 Å². The number of aromatic nitrogens is 3. The lowest BCUT2D eigenvalue weighted by Gasteiger charge is -2.30. The molecule has 0 atom stereocenters. The summed E-state index contributed by atoms with van der Waals surface area (Å²) in [4.78, 5) is 16.0. The molecule has 0 saturated heterocycles. The minimum atomic E-state index is -0.480. The summed E-state index contributed by atoms with van der Waals surface area (Å²) in [6.45, 7) is 0. The monoisotopic (exact) mass is 849 g/mol. The molecular weight excluding hydrogens is 811 g/mol. The SMILES string of the molecule is c1ccc(-c2cccc(-c3nc(-c4ccc(-c5c6ccccc6cc6c5ccc5ccccc56)cc4)nc(-c4ccc5c(c4)C4(c6ccccc6-c6ccccc64)c4ccccc4-5)n3)c2)cc1. The average Bonchev–Trinajstić information content (AvgIpc) is 3.87. The summed E-state index contributed by atoms with van der Waals surface area (Å²) in [5.41, 5.74) is 17.2. The van der Waals surface area contributed by atoms with Gasteiger partial charge in [0.25, 0.3) is 0 Å². The van der Waals surface area contributed by atoms with Crippen molar-refractivity contribution in [2.45, 2.75) is 5.41 Å². The van der Waals surface area contributed by atoms with E-state index in [9.17, 15) is 0 Å². The highest BCUT2D eigenvalue weighted by Gasteiger charge is 2.51. The van der Waals surface area contributed by atoms with E-state index in [1.165, 1.54) is 82.4 Å². The standard InChI is InChI=1S/C64H39N3/c1-2-15-40(16-3-1)44-19-14-20-46(37-44)62-65-61(43-31-29-42(30-32-43)60-49-22-7-5-18-45(49)38-55-48-21-6-4-17-41(48)33-36-54(55)60)66-63(67-62)47-34-35-53-52-25-10-13-28-58(52)64(59(53)39-47)56-26-11-8-23-50(56)51-24-9-12-27-57(51)64/h1-39H. The maximum atomic E-state index is 5.37. The van der Waals surface area contributed by atoms with Crippen LogP contribution in [0.2, 0.25) is 0 Å². The molecule has 0 aliphatic heterocycles. The van der Waals surface area contributed by atoms with Crippen LogP contribution in [0.5, 0.6) is 0 Å². The fourth-order valence-electron chi connectivity index (χ4n) is 11.4. The van der Waals surface area contributed by atoms with Gasteiger partial charge >= 0.3 is 0 Å². The van der Waals surface area contributed by atoms with E-state index >= 15 is 0 Å². The zero-order chi connectivity index (χ0) is 44.1. The van der Waals surface area contributed by atoms with Crippen molar-refractivity contribution in [2.75, 3.05) is 0 Å². The van der Waals surface area contributed by atoms with E-state index < -0.39 is 5.41 Å². The molecule has 0 saturated carbocycles. The Morgan fingerprint density at radius 2 is 0.731 bits per heavy atom. The summed E-state index contributed by atoms with van der Waals surface area (Å²) < 4.78 is 0. The van der Waals surface area contributed by atoms with E-state index in [0.29, 0.717) is 17.5 Å².